The van der Waals surface area contributed by atoms with Gasteiger partial charge in [0.1, 0.15) is 0 Å². The lowest BCUT2D eigenvalue weighted by molar-refractivity contribution is 0.0983. The van der Waals surface area contributed by atoms with E-state index >= 15 is 0 Å². The molecule has 22 heavy (non-hydrogen) atoms. The fraction of sp³-hybridized carbons (Fsp3) is 0.412. The number of carbonyl (C=O) groups excluding carboxylic acids is 1. The molecule has 1 N–H and O–H groups in total. The molecule has 1 saturated heterocycles. The Balaban J connectivity index is 1.55. The molecule has 2 aromatic rings. The van der Waals surface area contributed by atoms with Gasteiger partial charge in [0.15, 0.2) is 5.69 Å². The van der Waals surface area contributed by atoms with Crippen LogP contribution < -0.4 is 10.2 Å². The average Bonchev–Trinajstić information content (AvgIpc) is 3.22. The molecule has 1 amide bonds. The van der Waals surface area contributed by atoms with E-state index in [9.17, 15) is 4.79 Å². The zero-order chi connectivity index (χ0) is 14.9. The van der Waals surface area contributed by atoms with E-state index < -0.39 is 0 Å². The minimum absolute atomic E-state index is 0.00692. The van der Waals surface area contributed by atoms with Gasteiger partial charge in [-0.05, 0) is 43.5 Å². The fourth-order valence-corrected chi connectivity index (χ4v) is 3.40. The van der Waals surface area contributed by atoms with E-state index in [1.54, 1.807) is 0 Å². The zero-order valence-electron chi connectivity index (χ0n) is 12.5. The normalized spacial score (nSPS) is 20.9. The summed E-state index contributed by atoms with van der Waals surface area (Å²) in [5.74, 6) is 0.00692. The van der Waals surface area contributed by atoms with Gasteiger partial charge >= 0.3 is 0 Å². The van der Waals surface area contributed by atoms with E-state index in [1.807, 2.05) is 40.0 Å². The minimum Gasteiger partial charge on any atom is -0.315 e. The van der Waals surface area contributed by atoms with Crippen LogP contribution in [-0.2, 0) is 6.42 Å². The molecule has 5 nitrogen and oxygen atoms in total. The maximum Gasteiger partial charge on any atom is 0.278 e. The molecule has 2 aliphatic rings. The molecule has 1 fully saturated rings. The van der Waals surface area contributed by atoms with Crippen LogP contribution in [-0.4, -0.2) is 35.3 Å². The van der Waals surface area contributed by atoms with Crippen molar-refractivity contribution in [1.82, 2.24) is 15.1 Å². The highest BCUT2D eigenvalue weighted by molar-refractivity contribution is 6.05. The number of aromatic nitrogens is 2. The smallest absolute Gasteiger partial charge is 0.278 e. The molecule has 1 atom stereocenters. The van der Waals surface area contributed by atoms with Crippen molar-refractivity contribution in [1.29, 1.82) is 0 Å². The Morgan fingerprint density at radius 3 is 3.05 bits per heavy atom. The maximum absolute atomic E-state index is 12.7. The SMILES string of the molecule is O=C(c1ccn([C@H]2CCCNC2)n1)N1CCc2ccccc21. The number of nitrogens with zero attached hydrogens (tertiary/aromatic N) is 3. The predicted molar refractivity (Wildman–Crippen MR) is 85.2 cm³/mol. The van der Waals surface area contributed by atoms with Gasteiger partial charge in [-0.2, -0.15) is 5.10 Å². The lowest BCUT2D eigenvalue weighted by atomic mass is 10.1. The Morgan fingerprint density at radius 1 is 1.27 bits per heavy atom. The van der Waals surface area contributed by atoms with Crippen molar-refractivity contribution in [3.05, 3.63) is 47.8 Å². The van der Waals surface area contributed by atoms with Crippen LogP contribution in [0.15, 0.2) is 36.5 Å². The molecule has 0 radical (unpaired) electrons. The number of anilines is 1. The van der Waals surface area contributed by atoms with Crippen molar-refractivity contribution < 1.29 is 4.79 Å². The Morgan fingerprint density at radius 2 is 2.18 bits per heavy atom. The van der Waals surface area contributed by atoms with Crippen LogP contribution in [0.1, 0.15) is 34.9 Å². The van der Waals surface area contributed by atoms with Crippen LogP contribution >= 0.6 is 0 Å². The number of amides is 1. The van der Waals surface area contributed by atoms with Crippen LogP contribution in [0.4, 0.5) is 5.69 Å². The third-order valence-corrected chi connectivity index (χ3v) is 4.60. The lowest BCUT2D eigenvalue weighted by Gasteiger charge is -2.23. The molecule has 1 aromatic heterocycles. The van der Waals surface area contributed by atoms with Gasteiger partial charge in [-0.25, -0.2) is 0 Å². The first-order valence-corrected chi connectivity index (χ1v) is 7.98. The molecule has 0 unspecified atom stereocenters. The highest BCUT2D eigenvalue weighted by Gasteiger charge is 2.27. The summed E-state index contributed by atoms with van der Waals surface area (Å²) in [5, 5.41) is 7.92. The highest BCUT2D eigenvalue weighted by atomic mass is 16.2. The number of carbonyl (C=O) groups is 1. The van der Waals surface area contributed by atoms with Gasteiger partial charge in [0.05, 0.1) is 6.04 Å². The van der Waals surface area contributed by atoms with Crippen LogP contribution in [0.2, 0.25) is 0 Å². The molecular weight excluding hydrogens is 276 g/mol. The highest BCUT2D eigenvalue weighted by Crippen LogP contribution is 2.28. The number of para-hydroxylation sites is 1. The third kappa shape index (κ3) is 2.31. The number of benzene rings is 1. The second kappa shape index (κ2) is 5.57. The summed E-state index contributed by atoms with van der Waals surface area (Å²) in [6.07, 6.45) is 5.14. The lowest BCUT2D eigenvalue weighted by Crippen LogP contribution is -2.32. The number of nitrogens with one attached hydrogen (secondary N) is 1. The molecule has 4 rings (SSSR count). The Bertz CT molecular complexity index is 687. The summed E-state index contributed by atoms with van der Waals surface area (Å²) in [6.45, 7) is 2.76. The molecule has 3 heterocycles. The number of hydrogen-bond donors (Lipinski definition) is 1. The summed E-state index contributed by atoms with van der Waals surface area (Å²) in [4.78, 5) is 14.6. The first kappa shape index (κ1) is 13.5. The van der Waals surface area contributed by atoms with Crippen LogP contribution in [0.5, 0.6) is 0 Å². The van der Waals surface area contributed by atoms with Gasteiger partial charge < -0.3 is 10.2 Å². The van der Waals surface area contributed by atoms with Gasteiger partial charge in [0.25, 0.3) is 5.91 Å². The summed E-state index contributed by atoms with van der Waals surface area (Å²) in [6, 6.07) is 10.3. The van der Waals surface area contributed by atoms with Crippen molar-refractivity contribution in [2.75, 3.05) is 24.5 Å². The van der Waals surface area contributed by atoms with Gasteiger partial charge in [0.2, 0.25) is 0 Å². The van der Waals surface area contributed by atoms with Gasteiger partial charge in [0, 0.05) is 25.0 Å². The molecule has 0 saturated carbocycles. The van der Waals surface area contributed by atoms with Crippen molar-refractivity contribution in [2.45, 2.75) is 25.3 Å². The second-order valence-electron chi connectivity index (χ2n) is 6.02. The third-order valence-electron chi connectivity index (χ3n) is 4.60. The summed E-state index contributed by atoms with van der Waals surface area (Å²) in [5.41, 5.74) is 2.82. The molecule has 0 spiro atoms. The number of piperidine rings is 1. The van der Waals surface area contributed by atoms with Gasteiger partial charge in [-0.1, -0.05) is 18.2 Å². The fourth-order valence-electron chi connectivity index (χ4n) is 3.40. The summed E-state index contributed by atoms with van der Waals surface area (Å²) < 4.78 is 1.95. The Labute approximate surface area is 129 Å². The van der Waals surface area contributed by atoms with Crippen molar-refractivity contribution in [2.24, 2.45) is 0 Å². The van der Waals surface area contributed by atoms with E-state index in [0.717, 1.165) is 44.6 Å². The molecule has 1 aromatic carbocycles. The van der Waals surface area contributed by atoms with Gasteiger partial charge in [-0.15, -0.1) is 0 Å². The second-order valence-corrected chi connectivity index (χ2v) is 6.02. The van der Waals surface area contributed by atoms with E-state index in [2.05, 4.69) is 16.5 Å². The monoisotopic (exact) mass is 296 g/mol. The predicted octanol–water partition coefficient (Wildman–Crippen LogP) is 2.01. The number of hydrogen-bond acceptors (Lipinski definition) is 3. The summed E-state index contributed by atoms with van der Waals surface area (Å²) in [7, 11) is 0. The zero-order valence-corrected chi connectivity index (χ0v) is 12.5. The topological polar surface area (TPSA) is 50.2 Å². The molecule has 5 heteroatoms. The molecule has 2 aliphatic heterocycles. The molecule has 0 aliphatic carbocycles. The standard InChI is InChI=1S/C17H20N4O/c22-17(20-10-7-13-4-1-2-6-16(13)20)15-8-11-21(19-15)14-5-3-9-18-12-14/h1-2,4,6,8,11,14,18H,3,5,7,9-10,12H2/t14-/m0/s1. The first-order chi connectivity index (χ1) is 10.8. The maximum atomic E-state index is 12.7. The first-order valence-electron chi connectivity index (χ1n) is 7.98. The van der Waals surface area contributed by atoms with Crippen molar-refractivity contribution >= 4 is 11.6 Å². The van der Waals surface area contributed by atoms with E-state index in [4.69, 9.17) is 0 Å². The molecular formula is C17H20N4O. The summed E-state index contributed by atoms with van der Waals surface area (Å²) >= 11 is 0. The Kier molecular flexibility index (Phi) is 3.42. The minimum atomic E-state index is 0.00692. The van der Waals surface area contributed by atoms with Crippen molar-refractivity contribution in [3.8, 4) is 0 Å². The largest absolute Gasteiger partial charge is 0.315 e. The molecule has 114 valence electrons. The average molecular weight is 296 g/mol. The van der Waals surface area contributed by atoms with E-state index in [-0.39, 0.29) is 5.91 Å². The molecule has 0 bridgehead atoms. The quantitative estimate of drug-likeness (QED) is 0.922. The van der Waals surface area contributed by atoms with Crippen LogP contribution in [0.3, 0.4) is 0 Å². The van der Waals surface area contributed by atoms with Crippen molar-refractivity contribution in [3.63, 3.8) is 0 Å². The Hall–Kier alpha value is -2.14. The van der Waals surface area contributed by atoms with E-state index in [1.165, 1.54) is 5.56 Å². The number of rotatable bonds is 2. The van der Waals surface area contributed by atoms with E-state index in [0.29, 0.717) is 11.7 Å². The number of fused-ring (bicyclic) bond motifs is 1. The van der Waals surface area contributed by atoms with Crippen LogP contribution in [0, 0.1) is 0 Å². The van der Waals surface area contributed by atoms with Crippen LogP contribution in [0.25, 0.3) is 0 Å². The van der Waals surface area contributed by atoms with Gasteiger partial charge in [-0.3, -0.25) is 9.48 Å².